The Morgan fingerprint density at radius 2 is 1.97 bits per heavy atom. The summed E-state index contributed by atoms with van der Waals surface area (Å²) in [6, 6.07) is 13.7. The molecule has 11 heteroatoms. The first kappa shape index (κ1) is 20.7. The van der Waals surface area contributed by atoms with E-state index >= 15 is 0 Å². The molecule has 0 fully saturated rings. The first-order valence-electron chi connectivity index (χ1n) is 9.16. The number of tetrazole rings is 1. The maximum absolute atomic E-state index is 14.3. The van der Waals surface area contributed by atoms with Crippen LogP contribution in [0.15, 0.2) is 76.5 Å². The Morgan fingerprint density at radius 1 is 1.13 bits per heavy atom. The summed E-state index contributed by atoms with van der Waals surface area (Å²) in [6.07, 6.45) is 2.82. The lowest BCUT2D eigenvalue weighted by Gasteiger charge is -2.22. The molecule has 0 atom stereocenters. The summed E-state index contributed by atoms with van der Waals surface area (Å²) in [6.45, 7) is -0.243. The second-order valence-electron chi connectivity index (χ2n) is 6.53. The van der Waals surface area contributed by atoms with Gasteiger partial charge < -0.3 is 9.15 Å². The van der Waals surface area contributed by atoms with Crippen LogP contribution in [0.5, 0.6) is 5.75 Å². The number of methoxy groups -OCH3 is 1. The van der Waals surface area contributed by atoms with Crippen LogP contribution in [0.4, 0.5) is 4.39 Å². The first-order valence-corrected chi connectivity index (χ1v) is 10.6. The highest BCUT2D eigenvalue weighted by Crippen LogP contribution is 2.29. The molecule has 4 rings (SSSR count). The van der Waals surface area contributed by atoms with Crippen LogP contribution < -0.4 is 4.74 Å². The minimum absolute atomic E-state index is 0.0240. The van der Waals surface area contributed by atoms with Gasteiger partial charge in [-0.3, -0.25) is 0 Å². The Balaban J connectivity index is 1.73. The minimum Gasteiger partial charge on any atom is -0.494 e. The molecule has 31 heavy (non-hydrogen) atoms. The van der Waals surface area contributed by atoms with Crippen LogP contribution in [0.25, 0.3) is 5.69 Å². The minimum atomic E-state index is -4.04. The van der Waals surface area contributed by atoms with E-state index in [0.29, 0.717) is 11.4 Å². The van der Waals surface area contributed by atoms with Crippen molar-refractivity contribution in [3.8, 4) is 11.4 Å². The van der Waals surface area contributed by atoms with Gasteiger partial charge in [0.2, 0.25) is 10.0 Å². The number of sulfonamides is 1. The molecular weight excluding hydrogens is 425 g/mol. The third-order valence-corrected chi connectivity index (χ3v) is 6.39. The highest BCUT2D eigenvalue weighted by atomic mass is 32.2. The molecule has 2 heterocycles. The predicted octanol–water partition coefficient (Wildman–Crippen LogP) is 2.79. The van der Waals surface area contributed by atoms with Gasteiger partial charge in [-0.15, -0.1) is 5.10 Å². The standard InChI is InChI=1S/C20H18FN5O4S/c1-29-20-11-17(8-9-19(20)26-14-22-23-24-26)31(27,28)25(13-16-6-4-10-30-16)12-15-5-2-3-7-18(15)21/h2-11,14H,12-13H2,1H3. The Kier molecular flexibility index (Phi) is 5.78. The predicted molar refractivity (Wildman–Crippen MR) is 107 cm³/mol. The lowest BCUT2D eigenvalue weighted by atomic mass is 10.2. The van der Waals surface area contributed by atoms with Gasteiger partial charge >= 0.3 is 0 Å². The van der Waals surface area contributed by atoms with Crippen molar-refractivity contribution in [3.05, 3.63) is 84.3 Å². The monoisotopic (exact) mass is 443 g/mol. The van der Waals surface area contributed by atoms with Gasteiger partial charge in [-0.25, -0.2) is 12.8 Å². The summed E-state index contributed by atoms with van der Waals surface area (Å²) in [4.78, 5) is -0.0240. The largest absolute Gasteiger partial charge is 0.494 e. The van der Waals surface area contributed by atoms with Crippen molar-refractivity contribution in [3.63, 3.8) is 0 Å². The maximum Gasteiger partial charge on any atom is 0.243 e. The second kappa shape index (κ2) is 8.66. The fourth-order valence-corrected chi connectivity index (χ4v) is 4.45. The van der Waals surface area contributed by atoms with E-state index in [1.807, 2.05) is 0 Å². The fourth-order valence-electron chi connectivity index (χ4n) is 3.05. The number of benzene rings is 2. The van der Waals surface area contributed by atoms with E-state index in [0.717, 1.165) is 4.31 Å². The molecule has 2 aromatic heterocycles. The highest BCUT2D eigenvalue weighted by Gasteiger charge is 2.28. The van der Waals surface area contributed by atoms with E-state index < -0.39 is 15.8 Å². The molecule has 9 nitrogen and oxygen atoms in total. The molecule has 0 saturated carbocycles. The Hall–Kier alpha value is -3.57. The van der Waals surface area contributed by atoms with Crippen LogP contribution in [0, 0.1) is 5.82 Å². The van der Waals surface area contributed by atoms with E-state index in [1.54, 1.807) is 30.3 Å². The molecule has 0 unspecified atom stereocenters. The number of ether oxygens (including phenoxy) is 1. The third-order valence-electron chi connectivity index (χ3n) is 4.60. The molecule has 0 aliphatic carbocycles. The van der Waals surface area contributed by atoms with Gasteiger partial charge in [0.25, 0.3) is 0 Å². The Labute approximate surface area is 177 Å². The van der Waals surface area contributed by atoms with Crippen LogP contribution >= 0.6 is 0 Å². The molecule has 0 saturated heterocycles. The number of hydrogen-bond acceptors (Lipinski definition) is 7. The van der Waals surface area contributed by atoms with Gasteiger partial charge in [0.05, 0.1) is 24.8 Å². The summed E-state index contributed by atoms with van der Waals surface area (Å²) >= 11 is 0. The van der Waals surface area contributed by atoms with Crippen molar-refractivity contribution in [1.29, 1.82) is 0 Å². The van der Waals surface area contributed by atoms with Gasteiger partial charge in [0, 0.05) is 18.2 Å². The van der Waals surface area contributed by atoms with E-state index in [-0.39, 0.29) is 29.3 Å². The van der Waals surface area contributed by atoms with E-state index in [9.17, 15) is 12.8 Å². The van der Waals surface area contributed by atoms with Crippen molar-refractivity contribution in [1.82, 2.24) is 24.5 Å². The smallest absolute Gasteiger partial charge is 0.243 e. The van der Waals surface area contributed by atoms with Crippen LogP contribution in [0.3, 0.4) is 0 Å². The zero-order chi connectivity index (χ0) is 21.8. The normalized spacial score (nSPS) is 11.7. The number of halogens is 1. The molecule has 0 bridgehead atoms. The number of nitrogens with zero attached hydrogens (tertiary/aromatic N) is 5. The van der Waals surface area contributed by atoms with Crippen LogP contribution in [-0.4, -0.2) is 40.0 Å². The quantitative estimate of drug-likeness (QED) is 0.412. The van der Waals surface area contributed by atoms with E-state index in [2.05, 4.69) is 15.5 Å². The fraction of sp³-hybridized carbons (Fsp3) is 0.150. The average molecular weight is 443 g/mol. The van der Waals surface area contributed by atoms with Crippen molar-refractivity contribution in [2.45, 2.75) is 18.0 Å². The molecule has 160 valence electrons. The molecule has 0 aliphatic heterocycles. The summed E-state index contributed by atoms with van der Waals surface area (Å²) in [5.74, 6) is 0.197. The lowest BCUT2D eigenvalue weighted by Crippen LogP contribution is -2.30. The summed E-state index contributed by atoms with van der Waals surface area (Å²) in [7, 11) is -2.63. The van der Waals surface area contributed by atoms with E-state index in [1.165, 1.54) is 48.6 Å². The molecule has 2 aromatic carbocycles. The SMILES string of the molecule is COc1cc(S(=O)(=O)N(Cc2ccco2)Cc2ccccc2F)ccc1-n1cnnn1. The number of rotatable bonds is 8. The molecule has 0 spiro atoms. The zero-order valence-electron chi connectivity index (χ0n) is 16.4. The molecular formula is C20H18FN5O4S. The van der Waals surface area contributed by atoms with Crippen LogP contribution in [0.2, 0.25) is 0 Å². The molecule has 0 aliphatic rings. The van der Waals surface area contributed by atoms with E-state index in [4.69, 9.17) is 9.15 Å². The number of aromatic nitrogens is 4. The summed E-state index contributed by atoms with van der Waals surface area (Å²) in [5, 5.41) is 10.9. The Bertz CT molecular complexity index is 1260. The summed E-state index contributed by atoms with van der Waals surface area (Å²) in [5.41, 5.74) is 0.716. The molecule has 4 aromatic rings. The average Bonchev–Trinajstić information content (AvgIpc) is 3.48. The van der Waals surface area contributed by atoms with Gasteiger partial charge in [-0.2, -0.15) is 8.99 Å². The van der Waals surface area contributed by atoms with Gasteiger partial charge in [-0.1, -0.05) is 18.2 Å². The number of furan rings is 1. The Morgan fingerprint density at radius 3 is 2.65 bits per heavy atom. The number of hydrogen-bond donors (Lipinski definition) is 0. The third kappa shape index (κ3) is 4.32. The first-order chi connectivity index (χ1) is 15.0. The van der Waals surface area contributed by atoms with Crippen LogP contribution in [-0.2, 0) is 23.1 Å². The van der Waals surface area contributed by atoms with Gasteiger partial charge in [0.1, 0.15) is 29.3 Å². The maximum atomic E-state index is 14.3. The molecule has 0 N–H and O–H groups in total. The van der Waals surface area contributed by atoms with Gasteiger partial charge in [0.15, 0.2) is 0 Å². The van der Waals surface area contributed by atoms with Crippen molar-refractivity contribution in [2.75, 3.05) is 7.11 Å². The lowest BCUT2D eigenvalue weighted by molar-refractivity contribution is 0.353. The van der Waals surface area contributed by atoms with Crippen LogP contribution in [0.1, 0.15) is 11.3 Å². The van der Waals surface area contributed by atoms with Crippen molar-refractivity contribution < 1.29 is 22.0 Å². The summed E-state index contributed by atoms with van der Waals surface area (Å²) < 4.78 is 54.4. The highest BCUT2D eigenvalue weighted by molar-refractivity contribution is 7.89. The van der Waals surface area contributed by atoms with Crippen molar-refractivity contribution in [2.24, 2.45) is 0 Å². The molecule has 0 amide bonds. The van der Waals surface area contributed by atoms with Gasteiger partial charge in [-0.05, 0) is 40.8 Å². The van der Waals surface area contributed by atoms with Crippen molar-refractivity contribution >= 4 is 10.0 Å². The second-order valence-corrected chi connectivity index (χ2v) is 8.47. The zero-order valence-corrected chi connectivity index (χ0v) is 17.2. The molecule has 0 radical (unpaired) electrons. The topological polar surface area (TPSA) is 103 Å².